The van der Waals surface area contributed by atoms with Crippen LogP contribution in [0, 0.1) is 0 Å². The number of anilines is 2. The molecule has 84 valence electrons. The standard InChI is InChI=1S/C11H12N2O2S/c1-6-11(15)13(7(2)14)9-5-8(12)3-4-10(9)16-6/h3-6H,12H2,1-2H3. The molecule has 0 radical (unpaired) electrons. The molecule has 0 bridgehead atoms. The number of thioether (sulfide) groups is 1. The maximum Gasteiger partial charge on any atom is 0.246 e. The van der Waals surface area contributed by atoms with Crippen LogP contribution in [0.25, 0.3) is 0 Å². The van der Waals surface area contributed by atoms with Gasteiger partial charge in [0.15, 0.2) is 0 Å². The van der Waals surface area contributed by atoms with E-state index in [1.807, 2.05) is 6.07 Å². The minimum absolute atomic E-state index is 0.185. The van der Waals surface area contributed by atoms with Crippen molar-refractivity contribution in [1.29, 1.82) is 0 Å². The molecule has 1 aliphatic rings. The number of rotatable bonds is 0. The lowest BCUT2D eigenvalue weighted by Crippen LogP contribution is -2.42. The summed E-state index contributed by atoms with van der Waals surface area (Å²) in [7, 11) is 0. The van der Waals surface area contributed by atoms with E-state index in [1.165, 1.54) is 23.6 Å². The van der Waals surface area contributed by atoms with Gasteiger partial charge in [-0.05, 0) is 25.1 Å². The van der Waals surface area contributed by atoms with Crippen LogP contribution < -0.4 is 10.6 Å². The molecule has 0 fully saturated rings. The summed E-state index contributed by atoms with van der Waals surface area (Å²) < 4.78 is 0. The first-order valence-corrected chi connectivity index (χ1v) is 5.79. The first-order valence-electron chi connectivity index (χ1n) is 4.91. The number of hydrogen-bond acceptors (Lipinski definition) is 4. The Balaban J connectivity index is 2.58. The molecule has 2 rings (SSSR count). The van der Waals surface area contributed by atoms with Gasteiger partial charge in [-0.2, -0.15) is 0 Å². The highest BCUT2D eigenvalue weighted by atomic mass is 32.2. The molecule has 1 aliphatic heterocycles. The monoisotopic (exact) mass is 236 g/mol. The number of nitrogen functional groups attached to an aromatic ring is 1. The highest BCUT2D eigenvalue weighted by Gasteiger charge is 2.33. The highest BCUT2D eigenvalue weighted by Crippen LogP contribution is 2.40. The zero-order valence-corrected chi connectivity index (χ0v) is 9.88. The van der Waals surface area contributed by atoms with E-state index >= 15 is 0 Å². The highest BCUT2D eigenvalue weighted by molar-refractivity contribution is 8.01. The summed E-state index contributed by atoms with van der Waals surface area (Å²) in [6.45, 7) is 3.18. The normalized spacial score (nSPS) is 19.5. The summed E-state index contributed by atoms with van der Waals surface area (Å²) in [6, 6.07) is 5.27. The van der Waals surface area contributed by atoms with Crippen molar-refractivity contribution in [1.82, 2.24) is 0 Å². The summed E-state index contributed by atoms with van der Waals surface area (Å²) in [5.74, 6) is -0.459. The van der Waals surface area contributed by atoms with Gasteiger partial charge >= 0.3 is 0 Å². The van der Waals surface area contributed by atoms with Crippen LogP contribution in [0.15, 0.2) is 23.1 Å². The van der Waals surface area contributed by atoms with Crippen LogP contribution >= 0.6 is 11.8 Å². The van der Waals surface area contributed by atoms with Gasteiger partial charge in [-0.3, -0.25) is 9.59 Å². The first-order chi connectivity index (χ1) is 7.50. The number of nitrogens with two attached hydrogens (primary N) is 1. The number of imide groups is 1. The molecule has 2 N–H and O–H groups in total. The lowest BCUT2D eigenvalue weighted by Gasteiger charge is -2.30. The van der Waals surface area contributed by atoms with Crippen LogP contribution in [-0.2, 0) is 9.59 Å². The lowest BCUT2D eigenvalue weighted by molar-refractivity contribution is -0.125. The summed E-state index contributed by atoms with van der Waals surface area (Å²) in [4.78, 5) is 25.5. The van der Waals surface area contributed by atoms with Crippen LogP contribution in [-0.4, -0.2) is 17.1 Å². The SMILES string of the molecule is CC(=O)N1C(=O)C(C)Sc2ccc(N)cc21. The number of benzene rings is 1. The Labute approximate surface area is 97.8 Å². The third kappa shape index (κ3) is 1.67. The van der Waals surface area contributed by atoms with Gasteiger partial charge in [0.2, 0.25) is 11.8 Å². The molecule has 1 aromatic carbocycles. The van der Waals surface area contributed by atoms with E-state index in [9.17, 15) is 9.59 Å². The molecular weight excluding hydrogens is 224 g/mol. The molecule has 4 nitrogen and oxygen atoms in total. The van der Waals surface area contributed by atoms with Crippen molar-refractivity contribution in [2.75, 3.05) is 10.6 Å². The Hall–Kier alpha value is -1.49. The van der Waals surface area contributed by atoms with Crippen LogP contribution in [0.2, 0.25) is 0 Å². The molecule has 1 atom stereocenters. The molecule has 1 aromatic rings. The van der Waals surface area contributed by atoms with Gasteiger partial charge in [-0.25, -0.2) is 4.90 Å². The average molecular weight is 236 g/mol. The smallest absolute Gasteiger partial charge is 0.246 e. The zero-order chi connectivity index (χ0) is 11.9. The Kier molecular flexibility index (Phi) is 2.63. The number of fused-ring (bicyclic) bond motifs is 1. The quantitative estimate of drug-likeness (QED) is 0.695. The second-order valence-electron chi connectivity index (χ2n) is 3.68. The number of hydrogen-bond donors (Lipinski definition) is 1. The molecule has 1 unspecified atom stereocenters. The molecular formula is C11H12N2O2S. The molecule has 2 amide bonds. The van der Waals surface area contributed by atoms with Crippen molar-refractivity contribution < 1.29 is 9.59 Å². The number of amides is 2. The predicted molar refractivity (Wildman–Crippen MR) is 64.3 cm³/mol. The van der Waals surface area contributed by atoms with E-state index in [4.69, 9.17) is 5.73 Å². The Morgan fingerprint density at radius 1 is 1.50 bits per heavy atom. The summed E-state index contributed by atoms with van der Waals surface area (Å²) in [5, 5.41) is -0.236. The minimum Gasteiger partial charge on any atom is -0.399 e. The van der Waals surface area contributed by atoms with Crippen LogP contribution in [0.3, 0.4) is 0 Å². The fourth-order valence-electron chi connectivity index (χ4n) is 1.67. The molecule has 1 heterocycles. The van der Waals surface area contributed by atoms with Crippen LogP contribution in [0.4, 0.5) is 11.4 Å². The van der Waals surface area contributed by atoms with Gasteiger partial charge in [0, 0.05) is 17.5 Å². The van der Waals surface area contributed by atoms with E-state index in [2.05, 4.69) is 0 Å². The van der Waals surface area contributed by atoms with E-state index in [0.717, 1.165) is 4.90 Å². The lowest BCUT2D eigenvalue weighted by atomic mass is 10.2. The van der Waals surface area contributed by atoms with E-state index in [1.54, 1.807) is 19.1 Å². The fraction of sp³-hybridized carbons (Fsp3) is 0.273. The van der Waals surface area contributed by atoms with Crippen LogP contribution in [0.1, 0.15) is 13.8 Å². The van der Waals surface area contributed by atoms with E-state index in [0.29, 0.717) is 11.4 Å². The number of carbonyl (C=O) groups is 2. The van der Waals surface area contributed by atoms with E-state index in [-0.39, 0.29) is 17.1 Å². The largest absolute Gasteiger partial charge is 0.399 e. The van der Waals surface area contributed by atoms with Crippen LogP contribution in [0.5, 0.6) is 0 Å². The molecule has 0 saturated carbocycles. The van der Waals surface area contributed by atoms with Crippen molar-refractivity contribution in [2.24, 2.45) is 0 Å². The molecule has 0 saturated heterocycles. The second kappa shape index (κ2) is 3.83. The first kappa shape index (κ1) is 11.0. The van der Waals surface area contributed by atoms with E-state index < -0.39 is 0 Å². The molecule has 0 aliphatic carbocycles. The van der Waals surface area contributed by atoms with Crippen molar-refractivity contribution in [3.8, 4) is 0 Å². The third-order valence-corrected chi connectivity index (χ3v) is 3.57. The second-order valence-corrected chi connectivity index (χ2v) is 5.06. The van der Waals surface area contributed by atoms with Gasteiger partial charge in [-0.1, -0.05) is 0 Å². The average Bonchev–Trinajstić information content (AvgIpc) is 2.20. The Morgan fingerprint density at radius 2 is 2.19 bits per heavy atom. The molecule has 16 heavy (non-hydrogen) atoms. The zero-order valence-electron chi connectivity index (χ0n) is 9.06. The molecule has 5 heteroatoms. The van der Waals surface area contributed by atoms with Gasteiger partial charge in [0.1, 0.15) is 0 Å². The summed E-state index contributed by atoms with van der Waals surface area (Å²) in [5.41, 5.74) is 6.81. The van der Waals surface area contributed by atoms with Gasteiger partial charge in [0.25, 0.3) is 0 Å². The maximum atomic E-state index is 11.9. The number of nitrogens with zero attached hydrogens (tertiary/aromatic N) is 1. The van der Waals surface area contributed by atoms with Gasteiger partial charge in [0.05, 0.1) is 10.9 Å². The van der Waals surface area contributed by atoms with Gasteiger partial charge < -0.3 is 5.73 Å². The topological polar surface area (TPSA) is 63.4 Å². The molecule has 0 spiro atoms. The van der Waals surface area contributed by atoms with Gasteiger partial charge in [-0.15, -0.1) is 11.8 Å². The third-order valence-electron chi connectivity index (χ3n) is 2.41. The molecule has 0 aromatic heterocycles. The predicted octanol–water partition coefficient (Wildman–Crippen LogP) is 1.64. The minimum atomic E-state index is -0.274. The van der Waals surface area contributed by atoms with Crippen molar-refractivity contribution in [3.05, 3.63) is 18.2 Å². The van der Waals surface area contributed by atoms with Crippen molar-refractivity contribution in [3.63, 3.8) is 0 Å². The summed E-state index contributed by atoms with van der Waals surface area (Å²) in [6.07, 6.45) is 0. The van der Waals surface area contributed by atoms with Crippen molar-refractivity contribution >= 4 is 35.0 Å². The fourth-order valence-corrected chi connectivity index (χ4v) is 2.68. The van der Waals surface area contributed by atoms with Crippen molar-refractivity contribution in [2.45, 2.75) is 24.0 Å². The Bertz CT molecular complexity index is 473. The Morgan fingerprint density at radius 3 is 2.81 bits per heavy atom. The summed E-state index contributed by atoms with van der Waals surface area (Å²) >= 11 is 1.45. The maximum absolute atomic E-state index is 11.9. The number of carbonyl (C=O) groups excluding carboxylic acids is 2.